The van der Waals surface area contributed by atoms with E-state index in [0.29, 0.717) is 22.5 Å². The van der Waals surface area contributed by atoms with E-state index in [1.165, 1.54) is 27.7 Å². The van der Waals surface area contributed by atoms with Gasteiger partial charge < -0.3 is 10.1 Å². The summed E-state index contributed by atoms with van der Waals surface area (Å²) in [6.45, 7) is 1.52. The Morgan fingerprint density at radius 2 is 2.29 bits per heavy atom. The maximum atomic E-state index is 12.7. The van der Waals surface area contributed by atoms with Crippen LogP contribution in [0.4, 0.5) is 5.13 Å². The number of aromatic nitrogens is 4. The fraction of sp³-hybridized carbons (Fsp3) is 0.389. The van der Waals surface area contributed by atoms with E-state index in [1.807, 2.05) is 12.1 Å². The summed E-state index contributed by atoms with van der Waals surface area (Å²) in [6.07, 6.45) is 2.41. The molecule has 0 radical (unpaired) electrons. The highest BCUT2D eigenvalue weighted by molar-refractivity contribution is 8.00. The lowest BCUT2D eigenvalue weighted by molar-refractivity contribution is 0.120. The summed E-state index contributed by atoms with van der Waals surface area (Å²) in [5.41, 5.74) is 0.437. The molecule has 0 bridgehead atoms. The van der Waals surface area contributed by atoms with Crippen molar-refractivity contribution >= 4 is 39.1 Å². The Hall–Kier alpha value is -2.48. The molecule has 3 aromatic rings. The maximum absolute atomic E-state index is 12.7. The minimum Gasteiger partial charge on any atom is -0.376 e. The van der Waals surface area contributed by atoms with Crippen molar-refractivity contribution in [1.82, 2.24) is 19.7 Å². The molecule has 10 heteroatoms. The van der Waals surface area contributed by atoms with Gasteiger partial charge in [0.25, 0.3) is 5.56 Å². The minimum atomic E-state index is -0.195. The second-order valence-electron chi connectivity index (χ2n) is 6.27. The van der Waals surface area contributed by atoms with E-state index in [4.69, 9.17) is 10.00 Å². The van der Waals surface area contributed by atoms with Gasteiger partial charge in [0.1, 0.15) is 12.4 Å². The van der Waals surface area contributed by atoms with Gasteiger partial charge in [-0.15, -0.1) is 10.2 Å². The van der Waals surface area contributed by atoms with Crippen molar-refractivity contribution in [2.75, 3.05) is 18.5 Å². The molecule has 8 nitrogen and oxygen atoms in total. The van der Waals surface area contributed by atoms with Crippen LogP contribution in [0.15, 0.2) is 33.4 Å². The van der Waals surface area contributed by atoms with Crippen molar-refractivity contribution < 1.29 is 4.74 Å². The maximum Gasteiger partial charge on any atom is 0.262 e. The first kappa shape index (κ1) is 18.9. The second-order valence-corrected chi connectivity index (χ2v) is 8.47. The number of nitrogens with zero attached hydrogens (tertiary/aromatic N) is 5. The molecule has 144 valence electrons. The highest BCUT2D eigenvalue weighted by atomic mass is 32.2. The molecule has 3 heterocycles. The molecule has 0 spiro atoms. The average Bonchev–Trinajstić information content (AvgIpc) is 3.39. The van der Waals surface area contributed by atoms with Gasteiger partial charge in [-0.05, 0) is 25.0 Å². The third kappa shape index (κ3) is 4.16. The Balaban J connectivity index is 1.47. The van der Waals surface area contributed by atoms with Crippen molar-refractivity contribution in [2.45, 2.75) is 35.6 Å². The normalized spacial score (nSPS) is 16.3. The van der Waals surface area contributed by atoms with E-state index in [1.54, 1.807) is 18.2 Å². The van der Waals surface area contributed by atoms with Crippen molar-refractivity contribution in [1.29, 1.82) is 5.26 Å². The number of benzene rings is 1. The number of anilines is 1. The molecule has 0 aliphatic carbocycles. The third-order valence-electron chi connectivity index (χ3n) is 4.41. The molecule has 1 saturated heterocycles. The largest absolute Gasteiger partial charge is 0.376 e. The fourth-order valence-electron chi connectivity index (χ4n) is 3.03. The number of nitriles is 1. The number of nitrogens with one attached hydrogen (secondary N) is 1. The summed E-state index contributed by atoms with van der Waals surface area (Å²) < 4.78 is 7.79. The molecule has 1 N–H and O–H groups in total. The number of fused-ring (bicyclic) bond motifs is 1. The molecular weight excluding hydrogens is 396 g/mol. The SMILES string of the molecule is N#CCn1c(CSc2nnc(NC[C@@H]3CCCO3)s2)nc2ccccc2c1=O. The van der Waals surface area contributed by atoms with Gasteiger partial charge in [-0.25, -0.2) is 4.98 Å². The Morgan fingerprint density at radius 1 is 1.39 bits per heavy atom. The Kier molecular flexibility index (Phi) is 5.85. The zero-order chi connectivity index (χ0) is 19.3. The van der Waals surface area contributed by atoms with Gasteiger partial charge in [-0.2, -0.15) is 5.26 Å². The molecule has 1 atom stereocenters. The summed E-state index contributed by atoms with van der Waals surface area (Å²) in [4.78, 5) is 17.3. The van der Waals surface area contributed by atoms with Crippen LogP contribution < -0.4 is 10.9 Å². The number of hydrogen-bond acceptors (Lipinski definition) is 9. The van der Waals surface area contributed by atoms with E-state index < -0.39 is 0 Å². The zero-order valence-electron chi connectivity index (χ0n) is 15.0. The summed E-state index contributed by atoms with van der Waals surface area (Å²) in [7, 11) is 0. The number of para-hydroxylation sites is 1. The first-order chi connectivity index (χ1) is 13.7. The second kappa shape index (κ2) is 8.68. The van der Waals surface area contributed by atoms with Gasteiger partial charge in [0.05, 0.1) is 28.8 Å². The average molecular weight is 415 g/mol. The lowest BCUT2D eigenvalue weighted by Crippen LogP contribution is -2.24. The van der Waals surface area contributed by atoms with Crippen molar-refractivity contribution in [3.05, 3.63) is 40.4 Å². The molecule has 2 aromatic heterocycles. The molecule has 0 unspecified atom stereocenters. The van der Waals surface area contributed by atoms with E-state index in [-0.39, 0.29) is 18.2 Å². The van der Waals surface area contributed by atoms with Crippen molar-refractivity contribution in [3.63, 3.8) is 0 Å². The van der Waals surface area contributed by atoms with Gasteiger partial charge in [0.15, 0.2) is 4.34 Å². The van der Waals surface area contributed by atoms with Crippen LogP contribution in [-0.2, 0) is 17.0 Å². The standard InChI is InChI=1S/C18H18N6O2S2/c19-7-8-24-15(21-14-6-2-1-5-13(14)16(24)25)11-27-18-23-22-17(28-18)20-10-12-4-3-9-26-12/h1-2,5-6,12H,3-4,8-11H2,(H,20,22)/t12-/m0/s1. The molecule has 0 amide bonds. The highest BCUT2D eigenvalue weighted by Crippen LogP contribution is 2.28. The predicted octanol–water partition coefficient (Wildman–Crippen LogP) is 2.65. The molecule has 1 aliphatic heterocycles. The number of rotatable bonds is 7. The summed E-state index contributed by atoms with van der Waals surface area (Å²) in [5, 5.41) is 22.0. The van der Waals surface area contributed by atoms with Crippen LogP contribution in [0.3, 0.4) is 0 Å². The molecule has 0 saturated carbocycles. The summed E-state index contributed by atoms with van der Waals surface area (Å²) >= 11 is 2.91. The third-order valence-corrected chi connectivity index (χ3v) is 6.42. The number of ether oxygens (including phenoxy) is 1. The Labute approximate surface area is 169 Å². The summed E-state index contributed by atoms with van der Waals surface area (Å²) in [5.74, 6) is 0.988. The number of thioether (sulfide) groups is 1. The van der Waals surface area contributed by atoms with Gasteiger partial charge in [-0.3, -0.25) is 9.36 Å². The highest BCUT2D eigenvalue weighted by Gasteiger charge is 2.16. The van der Waals surface area contributed by atoms with E-state index >= 15 is 0 Å². The predicted molar refractivity (Wildman–Crippen MR) is 109 cm³/mol. The van der Waals surface area contributed by atoms with E-state index in [2.05, 4.69) is 20.5 Å². The molecule has 4 rings (SSSR count). The molecule has 1 aromatic carbocycles. The fourth-order valence-corrected chi connectivity index (χ4v) is 4.74. The molecule has 28 heavy (non-hydrogen) atoms. The number of hydrogen-bond donors (Lipinski definition) is 1. The van der Waals surface area contributed by atoms with Crippen LogP contribution in [0.1, 0.15) is 18.7 Å². The van der Waals surface area contributed by atoms with Crippen LogP contribution in [-0.4, -0.2) is 39.0 Å². The van der Waals surface area contributed by atoms with Gasteiger partial charge >= 0.3 is 0 Å². The quantitative estimate of drug-likeness (QED) is 0.588. The van der Waals surface area contributed by atoms with Crippen molar-refractivity contribution in [3.8, 4) is 6.07 Å². The van der Waals surface area contributed by atoms with Crippen LogP contribution in [0, 0.1) is 11.3 Å². The molecular formula is C18H18N6O2S2. The first-order valence-electron chi connectivity index (χ1n) is 8.92. The first-order valence-corrected chi connectivity index (χ1v) is 10.7. The van der Waals surface area contributed by atoms with Gasteiger partial charge in [0.2, 0.25) is 5.13 Å². The van der Waals surface area contributed by atoms with Crippen molar-refractivity contribution in [2.24, 2.45) is 0 Å². The summed E-state index contributed by atoms with van der Waals surface area (Å²) in [6, 6.07) is 9.21. The van der Waals surface area contributed by atoms with Crippen LogP contribution in [0.5, 0.6) is 0 Å². The van der Waals surface area contributed by atoms with Crippen LogP contribution in [0.2, 0.25) is 0 Å². The Morgan fingerprint density at radius 3 is 3.11 bits per heavy atom. The minimum absolute atomic E-state index is 0.0309. The zero-order valence-corrected chi connectivity index (χ0v) is 16.6. The van der Waals surface area contributed by atoms with E-state index in [9.17, 15) is 4.79 Å². The monoisotopic (exact) mass is 414 g/mol. The van der Waals surface area contributed by atoms with Crippen LogP contribution >= 0.6 is 23.1 Å². The van der Waals surface area contributed by atoms with E-state index in [0.717, 1.165) is 35.5 Å². The van der Waals surface area contributed by atoms with Gasteiger partial charge in [0, 0.05) is 13.2 Å². The lowest BCUT2D eigenvalue weighted by Gasteiger charge is -2.09. The molecule has 1 aliphatic rings. The topological polar surface area (TPSA) is 106 Å². The smallest absolute Gasteiger partial charge is 0.262 e. The lowest BCUT2D eigenvalue weighted by atomic mass is 10.2. The van der Waals surface area contributed by atoms with Crippen LogP contribution in [0.25, 0.3) is 10.9 Å². The Bertz CT molecular complexity index is 1070. The van der Waals surface area contributed by atoms with Gasteiger partial charge in [-0.1, -0.05) is 35.2 Å². The molecule has 1 fully saturated rings.